The maximum absolute atomic E-state index is 12.7. The van der Waals surface area contributed by atoms with Gasteiger partial charge in [-0.05, 0) is 28.8 Å². The third-order valence-electron chi connectivity index (χ3n) is 3.75. The summed E-state index contributed by atoms with van der Waals surface area (Å²) in [6.45, 7) is 5.71. The summed E-state index contributed by atoms with van der Waals surface area (Å²) in [5.74, 6) is 0.165. The lowest BCUT2D eigenvalue weighted by Gasteiger charge is -2.31. The average molecular weight is 329 g/mol. The number of carbonyl (C=O) groups excluding carboxylic acids is 1. The molecule has 120 valence electrons. The van der Waals surface area contributed by atoms with Crippen LogP contribution in [-0.4, -0.2) is 42.8 Å². The second kappa shape index (κ2) is 7.41. The Balaban J connectivity index is 1.67. The van der Waals surface area contributed by atoms with E-state index in [0.29, 0.717) is 18.2 Å². The van der Waals surface area contributed by atoms with E-state index in [4.69, 9.17) is 0 Å². The van der Waals surface area contributed by atoms with E-state index in [1.54, 1.807) is 10.8 Å². The van der Waals surface area contributed by atoms with Crippen molar-refractivity contribution in [2.24, 2.45) is 0 Å². The average Bonchev–Trinajstić information content (AvgIpc) is 3.00. The van der Waals surface area contributed by atoms with Crippen LogP contribution in [0.25, 0.3) is 0 Å². The SMILES string of the molecule is C=CCn1nnnc1SC1CCCN(Cc2ccccc2)C1=O. The van der Waals surface area contributed by atoms with E-state index in [9.17, 15) is 4.79 Å². The summed E-state index contributed by atoms with van der Waals surface area (Å²) < 4.78 is 1.67. The van der Waals surface area contributed by atoms with Gasteiger partial charge in [-0.1, -0.05) is 48.2 Å². The highest BCUT2D eigenvalue weighted by Crippen LogP contribution is 2.29. The molecule has 1 amide bonds. The molecule has 2 aromatic rings. The van der Waals surface area contributed by atoms with Crippen molar-refractivity contribution in [2.45, 2.75) is 36.3 Å². The Morgan fingerprint density at radius 2 is 2.17 bits per heavy atom. The van der Waals surface area contributed by atoms with E-state index in [2.05, 4.69) is 34.2 Å². The molecule has 0 bridgehead atoms. The van der Waals surface area contributed by atoms with Gasteiger partial charge >= 0.3 is 0 Å². The maximum atomic E-state index is 12.7. The van der Waals surface area contributed by atoms with Crippen molar-refractivity contribution >= 4 is 17.7 Å². The van der Waals surface area contributed by atoms with Gasteiger partial charge in [0.15, 0.2) is 0 Å². The minimum absolute atomic E-state index is 0.123. The van der Waals surface area contributed by atoms with Crippen LogP contribution in [0.3, 0.4) is 0 Å². The molecule has 0 saturated carbocycles. The normalized spacial score (nSPS) is 18.2. The van der Waals surface area contributed by atoms with Crippen LogP contribution in [-0.2, 0) is 17.9 Å². The Kier molecular flexibility index (Phi) is 5.07. The summed E-state index contributed by atoms with van der Waals surface area (Å²) in [4.78, 5) is 14.7. The zero-order chi connectivity index (χ0) is 16.1. The Labute approximate surface area is 139 Å². The van der Waals surface area contributed by atoms with E-state index in [1.165, 1.54) is 11.8 Å². The van der Waals surface area contributed by atoms with Gasteiger partial charge in [0, 0.05) is 13.1 Å². The van der Waals surface area contributed by atoms with Gasteiger partial charge < -0.3 is 4.90 Å². The Bertz CT molecular complexity index is 672. The number of nitrogens with zero attached hydrogens (tertiary/aromatic N) is 5. The van der Waals surface area contributed by atoms with E-state index in [0.717, 1.165) is 24.9 Å². The first-order valence-electron chi connectivity index (χ1n) is 7.64. The second-order valence-corrected chi connectivity index (χ2v) is 6.60. The minimum Gasteiger partial charge on any atom is -0.337 e. The number of hydrogen-bond donors (Lipinski definition) is 0. The molecule has 23 heavy (non-hydrogen) atoms. The van der Waals surface area contributed by atoms with Gasteiger partial charge in [-0.3, -0.25) is 4.79 Å². The van der Waals surface area contributed by atoms with Gasteiger partial charge in [-0.15, -0.1) is 11.7 Å². The van der Waals surface area contributed by atoms with E-state index < -0.39 is 0 Å². The monoisotopic (exact) mass is 329 g/mol. The van der Waals surface area contributed by atoms with Crippen LogP contribution < -0.4 is 0 Å². The van der Waals surface area contributed by atoms with Crippen LogP contribution in [0.15, 0.2) is 48.1 Å². The molecule has 1 saturated heterocycles. The summed E-state index contributed by atoms with van der Waals surface area (Å²) in [5.41, 5.74) is 1.16. The summed E-state index contributed by atoms with van der Waals surface area (Å²) in [6, 6.07) is 10.1. The van der Waals surface area contributed by atoms with Crippen LogP contribution in [0.1, 0.15) is 18.4 Å². The fraction of sp³-hybridized carbons (Fsp3) is 0.375. The summed E-state index contributed by atoms with van der Waals surface area (Å²) in [6.07, 6.45) is 3.60. The minimum atomic E-state index is -0.123. The van der Waals surface area contributed by atoms with Crippen molar-refractivity contribution in [2.75, 3.05) is 6.54 Å². The first-order valence-corrected chi connectivity index (χ1v) is 8.52. The van der Waals surface area contributed by atoms with Gasteiger partial charge in [-0.2, -0.15) is 0 Å². The lowest BCUT2D eigenvalue weighted by atomic mass is 10.1. The molecule has 0 radical (unpaired) electrons. The van der Waals surface area contributed by atoms with Crippen LogP contribution in [0.2, 0.25) is 0 Å². The van der Waals surface area contributed by atoms with Crippen molar-refractivity contribution in [3.8, 4) is 0 Å². The number of likely N-dealkylation sites (tertiary alicyclic amines) is 1. The molecule has 2 heterocycles. The number of thioether (sulfide) groups is 1. The van der Waals surface area contributed by atoms with Crippen LogP contribution in [0, 0.1) is 0 Å². The number of rotatable bonds is 6. The predicted molar refractivity (Wildman–Crippen MR) is 88.8 cm³/mol. The molecule has 0 N–H and O–H groups in total. The molecule has 0 spiro atoms. The summed E-state index contributed by atoms with van der Waals surface area (Å²) in [7, 11) is 0. The quantitative estimate of drug-likeness (QED) is 0.760. The molecule has 1 unspecified atom stereocenters. The molecule has 3 rings (SSSR count). The number of aromatic nitrogens is 4. The smallest absolute Gasteiger partial charge is 0.236 e. The van der Waals surface area contributed by atoms with Crippen molar-refractivity contribution < 1.29 is 4.79 Å². The van der Waals surface area contributed by atoms with Gasteiger partial charge in [0.1, 0.15) is 0 Å². The van der Waals surface area contributed by atoms with Gasteiger partial charge in [0.25, 0.3) is 0 Å². The van der Waals surface area contributed by atoms with Crippen molar-refractivity contribution in [1.29, 1.82) is 0 Å². The molecule has 1 aliphatic rings. The maximum Gasteiger partial charge on any atom is 0.236 e. The number of hydrogen-bond acceptors (Lipinski definition) is 5. The topological polar surface area (TPSA) is 63.9 Å². The molecule has 6 nitrogen and oxygen atoms in total. The van der Waals surface area contributed by atoms with Gasteiger partial charge in [0.2, 0.25) is 11.1 Å². The van der Waals surface area contributed by atoms with Crippen molar-refractivity contribution in [1.82, 2.24) is 25.1 Å². The fourth-order valence-corrected chi connectivity index (χ4v) is 3.73. The largest absolute Gasteiger partial charge is 0.337 e. The van der Waals surface area contributed by atoms with Gasteiger partial charge in [0.05, 0.1) is 11.8 Å². The lowest BCUT2D eigenvalue weighted by molar-refractivity contribution is -0.133. The zero-order valence-corrected chi connectivity index (χ0v) is 13.7. The number of allylic oxidation sites excluding steroid dienone is 1. The summed E-state index contributed by atoms with van der Waals surface area (Å²) in [5, 5.41) is 12.2. The number of carbonyl (C=O) groups is 1. The predicted octanol–water partition coefficient (Wildman–Crippen LogP) is 2.14. The van der Waals surface area contributed by atoms with Crippen LogP contribution in [0.5, 0.6) is 0 Å². The first kappa shape index (κ1) is 15.7. The fourth-order valence-electron chi connectivity index (χ4n) is 2.62. The third-order valence-corrected chi connectivity index (χ3v) is 4.97. The molecule has 1 fully saturated rings. The van der Waals surface area contributed by atoms with Crippen molar-refractivity contribution in [3.63, 3.8) is 0 Å². The highest BCUT2D eigenvalue weighted by atomic mass is 32.2. The Morgan fingerprint density at radius 1 is 1.35 bits per heavy atom. The number of benzene rings is 1. The molecular formula is C16H19N5OS. The zero-order valence-electron chi connectivity index (χ0n) is 12.8. The first-order chi connectivity index (χ1) is 11.3. The molecule has 1 atom stereocenters. The molecule has 7 heteroatoms. The summed E-state index contributed by atoms with van der Waals surface area (Å²) >= 11 is 1.45. The number of amides is 1. The molecule has 0 aliphatic carbocycles. The Hall–Kier alpha value is -2.15. The number of piperidine rings is 1. The van der Waals surface area contributed by atoms with E-state index in [-0.39, 0.29) is 11.2 Å². The molecule has 1 aromatic heterocycles. The lowest BCUT2D eigenvalue weighted by Crippen LogP contribution is -2.42. The number of tetrazole rings is 1. The van der Waals surface area contributed by atoms with Gasteiger partial charge in [-0.25, -0.2) is 4.68 Å². The highest BCUT2D eigenvalue weighted by molar-refractivity contribution is 8.00. The molecule has 1 aliphatic heterocycles. The van der Waals surface area contributed by atoms with Crippen molar-refractivity contribution in [3.05, 3.63) is 48.6 Å². The third kappa shape index (κ3) is 3.79. The van der Waals surface area contributed by atoms with E-state index in [1.807, 2.05) is 23.1 Å². The van der Waals surface area contributed by atoms with Crippen LogP contribution >= 0.6 is 11.8 Å². The molecule has 1 aromatic carbocycles. The Morgan fingerprint density at radius 3 is 2.96 bits per heavy atom. The molecular weight excluding hydrogens is 310 g/mol. The second-order valence-electron chi connectivity index (χ2n) is 5.43. The van der Waals surface area contributed by atoms with Crippen LogP contribution in [0.4, 0.5) is 0 Å². The van der Waals surface area contributed by atoms with E-state index >= 15 is 0 Å². The highest BCUT2D eigenvalue weighted by Gasteiger charge is 2.31. The standard InChI is InChI=1S/C16H19N5OS/c1-2-10-21-16(17-18-19-21)23-14-9-6-11-20(15(14)22)12-13-7-4-3-5-8-13/h2-5,7-8,14H,1,6,9-12H2.